The minimum Gasteiger partial charge on any atom is -0.404 e. The van der Waals surface area contributed by atoms with Crippen LogP contribution in [0.2, 0.25) is 0 Å². The lowest BCUT2D eigenvalue weighted by atomic mass is 9.84. The van der Waals surface area contributed by atoms with Gasteiger partial charge in [-0.3, -0.25) is 34.4 Å². The lowest BCUT2D eigenvalue weighted by molar-refractivity contribution is -0.136. The van der Waals surface area contributed by atoms with Crippen molar-refractivity contribution in [3.05, 3.63) is 41.1 Å². The molecule has 1 saturated carbocycles. The van der Waals surface area contributed by atoms with Crippen molar-refractivity contribution in [1.29, 1.82) is 0 Å². The van der Waals surface area contributed by atoms with Gasteiger partial charge >= 0.3 is 0 Å². The summed E-state index contributed by atoms with van der Waals surface area (Å²) in [6.45, 7) is 3.71. The molecule has 37 heavy (non-hydrogen) atoms. The minimum atomic E-state index is -0.996. The summed E-state index contributed by atoms with van der Waals surface area (Å²) in [5.74, 6) is -1.22. The highest BCUT2D eigenvalue weighted by atomic mass is 16.2. The monoisotopic (exact) mass is 506 g/mol. The van der Waals surface area contributed by atoms with Crippen LogP contribution in [0.25, 0.3) is 0 Å². The van der Waals surface area contributed by atoms with Crippen LogP contribution in [-0.2, 0) is 9.59 Å². The second-order valence-corrected chi connectivity index (χ2v) is 10.4. The molecule has 10 heteroatoms. The number of hydrogen-bond acceptors (Lipinski definition) is 8. The number of benzene rings is 1. The van der Waals surface area contributed by atoms with Crippen molar-refractivity contribution in [2.45, 2.75) is 57.0 Å². The van der Waals surface area contributed by atoms with E-state index in [4.69, 9.17) is 10.7 Å². The SMILES string of the molecule is NC=C(C=NC1CCN(CC2CCC2)CC1)CNc1cccc2c1C(=O)N(C1CCC(=O)NC1=O)C2=O. The van der Waals surface area contributed by atoms with Crippen molar-refractivity contribution in [2.75, 3.05) is 31.5 Å². The van der Waals surface area contributed by atoms with Crippen LogP contribution in [0.4, 0.5) is 5.69 Å². The average molecular weight is 507 g/mol. The van der Waals surface area contributed by atoms with Gasteiger partial charge in [0.15, 0.2) is 0 Å². The number of nitrogens with two attached hydrogens (primary N) is 1. The van der Waals surface area contributed by atoms with E-state index in [2.05, 4.69) is 15.5 Å². The van der Waals surface area contributed by atoms with E-state index in [1.54, 1.807) is 24.4 Å². The van der Waals surface area contributed by atoms with Crippen molar-refractivity contribution < 1.29 is 19.2 Å². The van der Waals surface area contributed by atoms with E-state index < -0.39 is 29.7 Å². The molecule has 4 N–H and O–H groups in total. The molecule has 0 radical (unpaired) electrons. The Kier molecular flexibility index (Phi) is 7.36. The van der Waals surface area contributed by atoms with E-state index in [1.165, 1.54) is 32.0 Å². The predicted octanol–water partition coefficient (Wildman–Crippen LogP) is 1.68. The highest BCUT2D eigenvalue weighted by Crippen LogP contribution is 2.32. The van der Waals surface area contributed by atoms with Crippen LogP contribution < -0.4 is 16.4 Å². The summed E-state index contributed by atoms with van der Waals surface area (Å²) in [5.41, 5.74) is 7.58. The average Bonchev–Trinajstić information content (AvgIpc) is 3.13. The van der Waals surface area contributed by atoms with Crippen LogP contribution in [-0.4, -0.2) is 77.9 Å². The summed E-state index contributed by atoms with van der Waals surface area (Å²) >= 11 is 0. The van der Waals surface area contributed by atoms with Crippen molar-refractivity contribution in [1.82, 2.24) is 15.1 Å². The third-order valence-corrected chi connectivity index (χ3v) is 7.91. The van der Waals surface area contributed by atoms with E-state index in [0.29, 0.717) is 12.2 Å². The van der Waals surface area contributed by atoms with Crippen molar-refractivity contribution in [3.8, 4) is 0 Å². The number of aliphatic imine (C=N–C) groups is 1. The smallest absolute Gasteiger partial charge is 0.264 e. The number of likely N-dealkylation sites (tertiary alicyclic amines) is 1. The number of rotatable bonds is 8. The summed E-state index contributed by atoms with van der Waals surface area (Å²) in [4.78, 5) is 58.4. The number of carbonyl (C=O) groups is 4. The zero-order chi connectivity index (χ0) is 25.9. The Bertz CT molecular complexity index is 1150. The minimum absolute atomic E-state index is 0.0818. The van der Waals surface area contributed by atoms with Gasteiger partial charge in [-0.1, -0.05) is 12.5 Å². The molecule has 3 heterocycles. The molecule has 0 bridgehead atoms. The molecule has 1 unspecified atom stereocenters. The summed E-state index contributed by atoms with van der Waals surface area (Å²) in [5, 5.41) is 5.43. The van der Waals surface area contributed by atoms with Gasteiger partial charge in [-0.25, -0.2) is 0 Å². The van der Waals surface area contributed by atoms with Gasteiger partial charge in [0.2, 0.25) is 11.8 Å². The first-order valence-electron chi connectivity index (χ1n) is 13.2. The number of amides is 4. The lowest BCUT2D eigenvalue weighted by Crippen LogP contribution is -2.54. The van der Waals surface area contributed by atoms with Gasteiger partial charge in [-0.05, 0) is 50.2 Å². The molecule has 1 atom stereocenters. The third kappa shape index (κ3) is 5.29. The van der Waals surface area contributed by atoms with Gasteiger partial charge < -0.3 is 16.0 Å². The lowest BCUT2D eigenvalue weighted by Gasteiger charge is -2.36. The first-order valence-corrected chi connectivity index (χ1v) is 13.2. The first kappa shape index (κ1) is 25.1. The molecule has 1 aromatic carbocycles. The molecule has 5 rings (SSSR count). The number of carbonyl (C=O) groups excluding carboxylic acids is 4. The summed E-state index contributed by atoms with van der Waals surface area (Å²) in [6, 6.07) is 4.27. The molecule has 4 aliphatic rings. The van der Waals surface area contributed by atoms with Gasteiger partial charge in [0.1, 0.15) is 6.04 Å². The summed E-state index contributed by atoms with van der Waals surface area (Å²) < 4.78 is 0. The summed E-state index contributed by atoms with van der Waals surface area (Å²) in [6.07, 6.45) is 9.68. The molecular formula is C27H34N6O4. The van der Waals surface area contributed by atoms with Crippen LogP contribution in [0.1, 0.15) is 65.7 Å². The zero-order valence-electron chi connectivity index (χ0n) is 20.9. The molecule has 3 fully saturated rings. The molecule has 10 nitrogen and oxygen atoms in total. The van der Waals surface area contributed by atoms with E-state index >= 15 is 0 Å². The van der Waals surface area contributed by atoms with Crippen LogP contribution in [0.3, 0.4) is 0 Å². The third-order valence-electron chi connectivity index (χ3n) is 7.91. The maximum atomic E-state index is 13.2. The Morgan fingerprint density at radius 3 is 2.54 bits per heavy atom. The van der Waals surface area contributed by atoms with E-state index in [9.17, 15) is 19.2 Å². The quantitative estimate of drug-likeness (QED) is 0.360. The van der Waals surface area contributed by atoms with Crippen molar-refractivity contribution in [2.24, 2.45) is 16.6 Å². The van der Waals surface area contributed by atoms with Crippen LogP contribution >= 0.6 is 0 Å². The number of piperidine rings is 2. The fourth-order valence-corrected chi connectivity index (χ4v) is 5.50. The van der Waals surface area contributed by atoms with E-state index in [1.807, 2.05) is 0 Å². The Morgan fingerprint density at radius 1 is 1.08 bits per heavy atom. The molecule has 3 aliphatic heterocycles. The normalized spacial score (nSPS) is 23.9. The van der Waals surface area contributed by atoms with Crippen molar-refractivity contribution in [3.63, 3.8) is 0 Å². The van der Waals surface area contributed by atoms with Gasteiger partial charge in [0.05, 0.1) is 17.2 Å². The van der Waals surface area contributed by atoms with Crippen LogP contribution in [0.5, 0.6) is 0 Å². The van der Waals surface area contributed by atoms with E-state index in [-0.39, 0.29) is 30.0 Å². The Balaban J connectivity index is 1.19. The molecule has 1 aliphatic carbocycles. The second-order valence-electron chi connectivity index (χ2n) is 10.4. The number of anilines is 1. The molecule has 4 amide bonds. The maximum Gasteiger partial charge on any atom is 0.264 e. The largest absolute Gasteiger partial charge is 0.404 e. The number of fused-ring (bicyclic) bond motifs is 1. The van der Waals surface area contributed by atoms with Gasteiger partial charge in [-0.2, -0.15) is 0 Å². The molecule has 196 valence electrons. The van der Waals surface area contributed by atoms with Crippen LogP contribution in [0, 0.1) is 5.92 Å². The second kappa shape index (κ2) is 10.8. The predicted molar refractivity (Wildman–Crippen MR) is 139 cm³/mol. The fourth-order valence-electron chi connectivity index (χ4n) is 5.50. The highest BCUT2D eigenvalue weighted by Gasteiger charge is 2.45. The number of nitrogens with one attached hydrogen (secondary N) is 2. The number of nitrogens with zero attached hydrogens (tertiary/aromatic N) is 3. The standard InChI is InChI=1S/C27H34N6O4/c28-13-18(14-29-19-9-11-32(12-10-19)16-17-3-1-4-17)15-30-21-6-2-5-20-24(21)27(37)33(26(20)36)22-7-8-23(34)31-25(22)35/h2,5-6,13-14,17,19,22,30H,1,3-4,7-12,15-16,28H2,(H,31,34,35). The van der Waals surface area contributed by atoms with Crippen molar-refractivity contribution >= 4 is 35.5 Å². The van der Waals surface area contributed by atoms with Gasteiger partial charge in [0.25, 0.3) is 11.8 Å². The fraction of sp³-hybridized carbons (Fsp3) is 0.519. The Morgan fingerprint density at radius 2 is 1.86 bits per heavy atom. The Labute approximate surface area is 216 Å². The molecule has 1 aromatic rings. The molecular weight excluding hydrogens is 472 g/mol. The Hall–Kier alpha value is -3.53. The maximum absolute atomic E-state index is 13.2. The number of hydrogen-bond donors (Lipinski definition) is 3. The summed E-state index contributed by atoms with van der Waals surface area (Å²) in [7, 11) is 0. The highest BCUT2D eigenvalue weighted by molar-refractivity contribution is 6.25. The van der Waals surface area contributed by atoms with Gasteiger partial charge in [-0.15, -0.1) is 0 Å². The molecule has 2 saturated heterocycles. The first-order chi connectivity index (χ1) is 17.9. The topological polar surface area (TPSA) is 137 Å². The molecule has 0 spiro atoms. The van der Waals surface area contributed by atoms with Gasteiger partial charge in [0, 0.05) is 56.3 Å². The van der Waals surface area contributed by atoms with Crippen LogP contribution in [0.15, 0.2) is 35.0 Å². The zero-order valence-corrected chi connectivity index (χ0v) is 20.9. The van der Waals surface area contributed by atoms with E-state index in [0.717, 1.165) is 42.3 Å². The molecule has 0 aromatic heterocycles. The number of imide groups is 2.